The number of benzene rings is 7. The Kier molecular flexibility index (Phi) is 8.02. The van der Waals surface area contributed by atoms with Gasteiger partial charge in [0.05, 0.1) is 0 Å². The number of fused-ring (bicyclic) bond motifs is 3. The fourth-order valence-electron chi connectivity index (χ4n) is 6.56. The highest BCUT2D eigenvalue weighted by molar-refractivity contribution is 7.79. The van der Waals surface area contributed by atoms with E-state index in [-0.39, 0.29) is 0 Å². The first-order chi connectivity index (χ1) is 24.8. The molecule has 236 valence electrons. The van der Waals surface area contributed by atoms with E-state index in [0.29, 0.717) is 17.5 Å². The van der Waals surface area contributed by atoms with Crippen LogP contribution in [-0.4, -0.2) is 15.0 Å². The number of hydrogen-bond acceptors (Lipinski definition) is 4. The zero-order valence-corrected chi connectivity index (χ0v) is 28.7. The van der Waals surface area contributed by atoms with Crippen molar-refractivity contribution in [3.8, 4) is 45.3 Å². The fraction of sp³-hybridized carbons (Fsp3) is 0. The molecule has 0 amide bonds. The monoisotopic (exact) mass is 675 g/mol. The molecule has 0 atom stereocenters. The van der Waals surface area contributed by atoms with Crippen LogP contribution in [-0.2, 0) is 0 Å². The van der Waals surface area contributed by atoms with Crippen molar-refractivity contribution < 1.29 is 0 Å². The van der Waals surface area contributed by atoms with Gasteiger partial charge in [0, 0.05) is 36.9 Å². The molecule has 0 aliphatic heterocycles. The van der Waals surface area contributed by atoms with Crippen molar-refractivity contribution in [1.82, 2.24) is 15.0 Å². The lowest BCUT2D eigenvalue weighted by Gasteiger charge is -2.20. The Morgan fingerprint density at radius 2 is 0.880 bits per heavy atom. The van der Waals surface area contributed by atoms with Gasteiger partial charge >= 0.3 is 0 Å². The average molecular weight is 676 g/mol. The van der Waals surface area contributed by atoms with Gasteiger partial charge in [-0.2, -0.15) is 0 Å². The molecule has 0 spiro atoms. The summed E-state index contributed by atoms with van der Waals surface area (Å²) in [4.78, 5) is 15.7. The molecule has 0 aliphatic carbocycles. The van der Waals surface area contributed by atoms with E-state index in [1.54, 1.807) is 0 Å². The maximum Gasteiger partial charge on any atom is 0.164 e. The molecule has 5 heteroatoms. The molecular formula is C45H30N3PS. The summed E-state index contributed by atoms with van der Waals surface area (Å²) in [5.41, 5.74) is 5.23. The van der Waals surface area contributed by atoms with Crippen LogP contribution in [0.2, 0.25) is 0 Å². The third-order valence-electron chi connectivity index (χ3n) is 8.89. The van der Waals surface area contributed by atoms with Crippen molar-refractivity contribution in [1.29, 1.82) is 0 Å². The molecule has 3 nitrogen and oxygen atoms in total. The molecule has 0 aliphatic rings. The first-order valence-electron chi connectivity index (χ1n) is 16.6. The van der Waals surface area contributed by atoms with Crippen LogP contribution in [0.3, 0.4) is 0 Å². The first-order valence-corrected chi connectivity index (χ1v) is 18.8. The van der Waals surface area contributed by atoms with Gasteiger partial charge in [0.15, 0.2) is 17.5 Å². The summed E-state index contributed by atoms with van der Waals surface area (Å²) in [6.07, 6.45) is 0. The molecule has 0 unspecified atom stereocenters. The van der Waals surface area contributed by atoms with E-state index in [9.17, 15) is 0 Å². The third kappa shape index (κ3) is 5.79. The van der Waals surface area contributed by atoms with Crippen molar-refractivity contribution in [3.63, 3.8) is 0 Å². The molecule has 0 fully saturated rings. The highest BCUT2D eigenvalue weighted by Crippen LogP contribution is 2.42. The molecule has 7 aromatic carbocycles. The molecule has 2 heterocycles. The summed E-state index contributed by atoms with van der Waals surface area (Å²) < 4.78 is 2.46. The van der Waals surface area contributed by atoms with E-state index < -0.39 is 7.92 Å². The van der Waals surface area contributed by atoms with Crippen molar-refractivity contribution in [2.75, 3.05) is 0 Å². The Balaban J connectivity index is 1.28. The Morgan fingerprint density at radius 3 is 1.56 bits per heavy atom. The molecule has 50 heavy (non-hydrogen) atoms. The lowest BCUT2D eigenvalue weighted by atomic mass is 9.98. The standard InChI is InChI=1S/C45H30N3PS/c1-5-16-31(17-6-1)34-29-39(42-38-26-13-14-27-40(38)50-41(42)30-34)45-47-43(32-18-7-2-8-19-32)46-44(48-45)33-20-15-25-37(28-33)49(35-21-9-3-10-22-35)36-23-11-4-12-24-36/h1-30H. The second-order valence-electron chi connectivity index (χ2n) is 12.1. The van der Waals surface area contributed by atoms with Crippen molar-refractivity contribution in [3.05, 3.63) is 182 Å². The van der Waals surface area contributed by atoms with Crippen LogP contribution >= 0.6 is 19.3 Å². The molecular weight excluding hydrogens is 646 g/mol. The zero-order chi connectivity index (χ0) is 33.3. The second-order valence-corrected chi connectivity index (χ2v) is 15.4. The highest BCUT2D eigenvalue weighted by Gasteiger charge is 2.21. The molecule has 9 rings (SSSR count). The Morgan fingerprint density at radius 1 is 0.360 bits per heavy atom. The number of rotatable bonds is 7. The predicted octanol–water partition coefficient (Wildman–Crippen LogP) is 10.7. The van der Waals surface area contributed by atoms with Crippen LogP contribution in [0, 0.1) is 0 Å². The third-order valence-corrected chi connectivity index (χ3v) is 12.4. The van der Waals surface area contributed by atoms with Crippen LogP contribution < -0.4 is 15.9 Å². The molecule has 0 N–H and O–H groups in total. The minimum atomic E-state index is -0.792. The van der Waals surface area contributed by atoms with Crippen LogP contribution in [0.4, 0.5) is 0 Å². The maximum atomic E-state index is 5.31. The normalized spacial score (nSPS) is 11.4. The lowest BCUT2D eigenvalue weighted by molar-refractivity contribution is 1.08. The van der Waals surface area contributed by atoms with Gasteiger partial charge in [0.25, 0.3) is 0 Å². The van der Waals surface area contributed by atoms with E-state index in [1.165, 1.54) is 36.1 Å². The minimum absolute atomic E-state index is 0.655. The van der Waals surface area contributed by atoms with Gasteiger partial charge in [-0.1, -0.05) is 158 Å². The summed E-state index contributed by atoms with van der Waals surface area (Å²) in [7, 11) is -0.792. The number of hydrogen-bond donors (Lipinski definition) is 0. The van der Waals surface area contributed by atoms with Crippen molar-refractivity contribution >= 4 is 55.3 Å². The van der Waals surface area contributed by atoms with Gasteiger partial charge in [0.1, 0.15) is 0 Å². The predicted molar refractivity (Wildman–Crippen MR) is 213 cm³/mol. The highest BCUT2D eigenvalue weighted by atomic mass is 32.1. The van der Waals surface area contributed by atoms with Gasteiger partial charge in [-0.05, 0) is 59.2 Å². The van der Waals surface area contributed by atoms with Crippen LogP contribution in [0.15, 0.2) is 182 Å². The average Bonchev–Trinajstić information content (AvgIpc) is 3.58. The second kappa shape index (κ2) is 13.2. The molecule has 0 saturated heterocycles. The van der Waals surface area contributed by atoms with E-state index in [4.69, 9.17) is 15.0 Å². The van der Waals surface area contributed by atoms with Gasteiger partial charge in [-0.3, -0.25) is 0 Å². The van der Waals surface area contributed by atoms with Gasteiger partial charge in [-0.25, -0.2) is 15.0 Å². The van der Waals surface area contributed by atoms with Crippen LogP contribution in [0.25, 0.3) is 65.5 Å². The van der Waals surface area contributed by atoms with E-state index in [2.05, 4.69) is 164 Å². The largest absolute Gasteiger partial charge is 0.208 e. The topological polar surface area (TPSA) is 38.7 Å². The van der Waals surface area contributed by atoms with Gasteiger partial charge in [-0.15, -0.1) is 11.3 Å². The van der Waals surface area contributed by atoms with Gasteiger partial charge < -0.3 is 0 Å². The van der Waals surface area contributed by atoms with E-state index in [0.717, 1.165) is 27.8 Å². The SMILES string of the molecule is c1ccc(-c2cc(-c3nc(-c4ccccc4)nc(-c4cccc(P(c5ccccc5)c5ccccc5)c4)n3)c3c(c2)sc2ccccc23)cc1. The maximum absolute atomic E-state index is 5.31. The van der Waals surface area contributed by atoms with E-state index in [1.807, 2.05) is 29.5 Å². The quantitative estimate of drug-likeness (QED) is 0.158. The summed E-state index contributed by atoms with van der Waals surface area (Å²) in [6.45, 7) is 0. The first kappa shape index (κ1) is 30.3. The molecule has 9 aromatic rings. The van der Waals surface area contributed by atoms with Crippen LogP contribution in [0.1, 0.15) is 0 Å². The van der Waals surface area contributed by atoms with Crippen molar-refractivity contribution in [2.24, 2.45) is 0 Å². The zero-order valence-electron chi connectivity index (χ0n) is 27.0. The summed E-state index contributed by atoms with van der Waals surface area (Å²) >= 11 is 1.81. The number of thiophene rings is 1. The Hall–Kier alpha value is -5.80. The molecule has 0 bridgehead atoms. The van der Waals surface area contributed by atoms with Crippen molar-refractivity contribution in [2.45, 2.75) is 0 Å². The molecule has 0 saturated carbocycles. The van der Waals surface area contributed by atoms with Crippen LogP contribution in [0.5, 0.6) is 0 Å². The van der Waals surface area contributed by atoms with E-state index >= 15 is 0 Å². The molecule has 2 aromatic heterocycles. The summed E-state index contributed by atoms with van der Waals surface area (Å²) in [5, 5.41) is 6.24. The Labute approximate surface area is 296 Å². The lowest BCUT2D eigenvalue weighted by Crippen LogP contribution is -2.20. The fourth-order valence-corrected chi connectivity index (χ4v) is 10.1. The molecule has 0 radical (unpaired) electrons. The van der Waals surface area contributed by atoms with Gasteiger partial charge in [0.2, 0.25) is 0 Å². The summed E-state index contributed by atoms with van der Waals surface area (Å²) in [5.74, 6) is 1.98. The Bertz CT molecular complexity index is 2550. The number of nitrogens with zero attached hydrogens (tertiary/aromatic N) is 3. The smallest absolute Gasteiger partial charge is 0.164 e. The summed E-state index contributed by atoms with van der Waals surface area (Å²) in [6, 6.07) is 64.3. The minimum Gasteiger partial charge on any atom is -0.208 e. The number of aromatic nitrogens is 3.